The molecule has 3 aliphatic rings. The van der Waals surface area contributed by atoms with Gasteiger partial charge < -0.3 is 0 Å². The van der Waals surface area contributed by atoms with Crippen molar-refractivity contribution in [2.75, 3.05) is 25.0 Å². The second kappa shape index (κ2) is 6.06. The van der Waals surface area contributed by atoms with E-state index in [1.54, 1.807) is 20.2 Å². The predicted octanol–water partition coefficient (Wildman–Crippen LogP) is 8.46. The van der Waals surface area contributed by atoms with Crippen molar-refractivity contribution < 1.29 is 0 Å². The van der Waals surface area contributed by atoms with Gasteiger partial charge in [0.1, 0.15) is 0 Å². The third-order valence-electron chi connectivity index (χ3n) is 8.83. The van der Waals surface area contributed by atoms with Gasteiger partial charge in [0.15, 0.2) is 0 Å². The molecule has 1 aromatic heterocycles. The molecule has 0 N–H and O–H groups in total. The van der Waals surface area contributed by atoms with Crippen LogP contribution in [0.5, 0.6) is 0 Å². The van der Waals surface area contributed by atoms with E-state index in [0.29, 0.717) is 0 Å². The lowest BCUT2D eigenvalue weighted by molar-refractivity contribution is 0.703. The summed E-state index contributed by atoms with van der Waals surface area (Å²) in [4.78, 5) is 11.4. The number of hydrogen-bond acceptors (Lipinski definition) is 1. The molecule has 33 heavy (non-hydrogen) atoms. The van der Waals surface area contributed by atoms with Crippen LogP contribution in [-0.2, 0) is 5.41 Å². The molecule has 3 heteroatoms. The molecule has 1 nitrogen and oxygen atoms in total. The van der Waals surface area contributed by atoms with Crippen LogP contribution in [-0.4, -0.2) is 30.0 Å². The van der Waals surface area contributed by atoms with Gasteiger partial charge in [-0.05, 0) is 71.9 Å². The van der Waals surface area contributed by atoms with Gasteiger partial charge >= 0.3 is 0 Å². The van der Waals surface area contributed by atoms with E-state index in [0.717, 1.165) is 5.92 Å². The predicted molar refractivity (Wildman–Crippen MR) is 146 cm³/mol. The summed E-state index contributed by atoms with van der Waals surface area (Å²) in [6.07, 6.45) is 13.4. The fraction of sp³-hybridized carbons (Fsp3) is 0.300. The van der Waals surface area contributed by atoms with Gasteiger partial charge in [-0.15, -0.1) is 0 Å². The molecule has 1 aliphatic carbocycles. The number of aromatic nitrogens is 1. The van der Waals surface area contributed by atoms with Crippen LogP contribution in [0.2, 0.25) is 0 Å². The fourth-order valence-corrected chi connectivity index (χ4v) is 11.9. The Bertz CT molecular complexity index is 1530. The monoisotopic (exact) mass is 469 g/mol. The van der Waals surface area contributed by atoms with Crippen molar-refractivity contribution in [3.63, 3.8) is 0 Å². The molecule has 7 rings (SSSR count). The third-order valence-corrected chi connectivity index (χ3v) is 14.6. The molecule has 168 valence electrons. The molecule has 0 bridgehead atoms. The fourth-order valence-electron chi connectivity index (χ4n) is 6.60. The van der Waals surface area contributed by atoms with Crippen LogP contribution in [0.15, 0.2) is 80.4 Å². The summed E-state index contributed by atoms with van der Waals surface area (Å²) in [7, 11) is -2.33. The minimum Gasteiger partial charge on any atom is -0.254 e. The van der Waals surface area contributed by atoms with Gasteiger partial charge in [0.2, 0.25) is 0 Å². The smallest absolute Gasteiger partial charge is 0.0841 e. The molecule has 2 atom stereocenters. The molecule has 0 saturated heterocycles. The molecular weight excluding hydrogens is 438 g/mol. The Morgan fingerprint density at radius 3 is 2.18 bits per heavy atom. The van der Waals surface area contributed by atoms with Crippen molar-refractivity contribution in [3.8, 4) is 22.4 Å². The van der Waals surface area contributed by atoms with Crippen molar-refractivity contribution in [2.45, 2.75) is 45.3 Å². The number of nitrogens with zero attached hydrogens (tertiary/aromatic N) is 1. The third kappa shape index (κ3) is 2.31. The van der Waals surface area contributed by atoms with Crippen molar-refractivity contribution in [1.82, 2.24) is 4.98 Å². The number of pyridine rings is 1. The first kappa shape index (κ1) is 20.2. The van der Waals surface area contributed by atoms with Gasteiger partial charge in [-0.25, -0.2) is 0 Å². The van der Waals surface area contributed by atoms with Gasteiger partial charge in [0.05, 0.1) is 5.69 Å². The Labute approximate surface area is 200 Å². The molecule has 3 aromatic carbocycles. The molecule has 4 aromatic rings. The van der Waals surface area contributed by atoms with E-state index >= 15 is 0 Å². The Balaban J connectivity index is 1.76. The van der Waals surface area contributed by atoms with Gasteiger partial charge in [-0.2, -0.15) is 20.1 Å². The maximum absolute atomic E-state index is 5.30. The molecule has 0 spiro atoms. The Hall–Kier alpha value is -2.23. The highest BCUT2D eigenvalue weighted by molar-refractivity contribution is 8.34. The summed E-state index contributed by atoms with van der Waals surface area (Å²) in [5, 5.41) is 2.63. The van der Waals surface area contributed by atoms with E-state index in [1.807, 2.05) is 0 Å². The Morgan fingerprint density at radius 2 is 1.45 bits per heavy atom. The molecular formula is C30H31NS2. The standard InChI is InChI=1S/C30H31NS2/c1-18-16-30(18,2)21-14-15-24-27-25(21)28-29(20-11-8-7-10-19(20)17-31-28)33(5,6)23-13-9-12-22(26(23)27)32(24,3)4/h7-15,17-18H,16H2,1-6H3. The topological polar surface area (TPSA) is 12.9 Å². The van der Waals surface area contributed by atoms with Crippen molar-refractivity contribution in [1.29, 1.82) is 0 Å². The Kier molecular flexibility index (Phi) is 3.70. The second-order valence-electron chi connectivity index (χ2n) is 11.2. The maximum atomic E-state index is 5.30. The number of rotatable bonds is 1. The SMILES string of the molecule is CC1CC1(C)c1ccc2c3c1-c1ncc4ccccc4c1S(C)(C)c1cccc(c1-3)S2(C)C. The summed E-state index contributed by atoms with van der Waals surface area (Å²) >= 11 is 0. The maximum Gasteiger partial charge on any atom is 0.0841 e. The summed E-state index contributed by atoms with van der Waals surface area (Å²) in [6.45, 7) is 4.88. The molecule has 2 aliphatic heterocycles. The van der Waals surface area contributed by atoms with Crippen molar-refractivity contribution >= 4 is 30.8 Å². The zero-order valence-electron chi connectivity index (χ0n) is 20.3. The minimum absolute atomic E-state index is 0.246. The molecule has 0 radical (unpaired) electrons. The zero-order valence-corrected chi connectivity index (χ0v) is 22.0. The van der Waals surface area contributed by atoms with Crippen LogP contribution in [0.3, 0.4) is 0 Å². The zero-order chi connectivity index (χ0) is 22.9. The van der Waals surface area contributed by atoms with E-state index in [2.05, 4.69) is 99.7 Å². The summed E-state index contributed by atoms with van der Waals surface area (Å²) in [5.74, 6) is 0.718. The first-order valence-corrected chi connectivity index (χ1v) is 16.7. The minimum atomic E-state index is -1.28. The molecule has 2 unspecified atom stereocenters. The van der Waals surface area contributed by atoms with E-state index in [9.17, 15) is 0 Å². The highest BCUT2D eigenvalue weighted by Crippen LogP contribution is 2.76. The van der Waals surface area contributed by atoms with Crippen LogP contribution in [0, 0.1) is 5.92 Å². The van der Waals surface area contributed by atoms with Crippen LogP contribution in [0.1, 0.15) is 25.8 Å². The second-order valence-corrected chi connectivity index (χ2v) is 18.2. The highest BCUT2D eigenvalue weighted by atomic mass is 32.3. The van der Waals surface area contributed by atoms with Crippen LogP contribution in [0.25, 0.3) is 33.2 Å². The molecule has 1 saturated carbocycles. The number of benzene rings is 3. The largest absolute Gasteiger partial charge is 0.254 e. The van der Waals surface area contributed by atoms with Crippen LogP contribution >= 0.6 is 20.1 Å². The average Bonchev–Trinajstić information content (AvgIpc) is 3.37. The lowest BCUT2D eigenvalue weighted by atomic mass is 9.84. The lowest BCUT2D eigenvalue weighted by Crippen LogP contribution is -2.09. The quantitative estimate of drug-likeness (QED) is 0.272. The van der Waals surface area contributed by atoms with Crippen LogP contribution < -0.4 is 0 Å². The Morgan fingerprint density at radius 1 is 0.788 bits per heavy atom. The highest BCUT2D eigenvalue weighted by Gasteiger charge is 2.52. The van der Waals surface area contributed by atoms with Gasteiger partial charge in [-0.3, -0.25) is 4.98 Å². The summed E-state index contributed by atoms with van der Waals surface area (Å²) in [5.41, 5.74) is 7.53. The molecule has 1 fully saturated rings. The van der Waals surface area contributed by atoms with E-state index in [4.69, 9.17) is 4.98 Å². The van der Waals surface area contributed by atoms with E-state index < -0.39 is 20.1 Å². The first-order valence-electron chi connectivity index (χ1n) is 11.8. The normalized spacial score (nSPS) is 26.8. The molecule has 0 amide bonds. The van der Waals surface area contributed by atoms with Crippen LogP contribution in [0.4, 0.5) is 0 Å². The van der Waals surface area contributed by atoms with Gasteiger partial charge in [0.25, 0.3) is 0 Å². The summed E-state index contributed by atoms with van der Waals surface area (Å²) < 4.78 is 0. The van der Waals surface area contributed by atoms with Crippen molar-refractivity contribution in [3.05, 3.63) is 66.4 Å². The van der Waals surface area contributed by atoms with Gasteiger partial charge in [-0.1, -0.05) is 50.2 Å². The average molecular weight is 470 g/mol. The number of hydrogen-bond donors (Lipinski definition) is 0. The molecule has 3 heterocycles. The van der Waals surface area contributed by atoms with E-state index in [1.165, 1.54) is 44.5 Å². The van der Waals surface area contributed by atoms with Gasteiger partial charge in [0, 0.05) is 47.9 Å². The number of fused-ring (bicyclic) bond motifs is 4. The first-order chi connectivity index (χ1) is 15.7. The lowest BCUT2D eigenvalue weighted by Gasteiger charge is -2.36. The summed E-state index contributed by atoms with van der Waals surface area (Å²) in [6, 6.07) is 21.0. The van der Waals surface area contributed by atoms with Crippen molar-refractivity contribution in [2.24, 2.45) is 5.92 Å². The van der Waals surface area contributed by atoms with E-state index in [-0.39, 0.29) is 5.41 Å².